The number of hydrogen-bond acceptors (Lipinski definition) is 1. The number of pyridine rings is 1. The number of benzene rings is 1. The molecule has 0 radical (unpaired) electrons. The average molecular weight is 221 g/mol. The number of halogens is 2. The molecule has 1 heterocycles. The van der Waals surface area contributed by atoms with Crippen LogP contribution in [0, 0.1) is 18.6 Å². The molecule has 1 aromatic heterocycles. The highest BCUT2D eigenvalue weighted by atomic mass is 19.1. The van der Waals surface area contributed by atoms with E-state index in [2.05, 4.69) is 4.98 Å². The maximum atomic E-state index is 13.7. The topological polar surface area (TPSA) is 32.9 Å². The lowest BCUT2D eigenvalue weighted by molar-refractivity contribution is 0.607. The molecule has 0 aliphatic rings. The van der Waals surface area contributed by atoms with Crippen LogP contribution >= 0.6 is 0 Å². The Labute approximate surface area is 90.6 Å². The van der Waals surface area contributed by atoms with Crippen LogP contribution in [0.5, 0.6) is 0 Å². The molecule has 2 rings (SSSR count). The van der Waals surface area contributed by atoms with Crippen LogP contribution in [0.3, 0.4) is 0 Å². The van der Waals surface area contributed by atoms with Gasteiger partial charge in [-0.05, 0) is 12.5 Å². The van der Waals surface area contributed by atoms with Crippen LogP contribution in [0.2, 0.25) is 0 Å². The van der Waals surface area contributed by atoms with E-state index in [1.807, 2.05) is 0 Å². The number of H-pyrrole nitrogens is 1. The lowest BCUT2D eigenvalue weighted by atomic mass is 10.0. The Morgan fingerprint density at radius 1 is 1.19 bits per heavy atom. The van der Waals surface area contributed by atoms with Gasteiger partial charge in [0.1, 0.15) is 11.6 Å². The molecule has 82 valence electrons. The van der Waals surface area contributed by atoms with E-state index < -0.39 is 17.2 Å². The minimum Gasteiger partial charge on any atom is -0.326 e. The SMILES string of the molecule is Cc1cccc(-c2cc(=O)[nH]cc2F)c1F. The van der Waals surface area contributed by atoms with Gasteiger partial charge < -0.3 is 4.98 Å². The van der Waals surface area contributed by atoms with Crippen LogP contribution in [-0.2, 0) is 0 Å². The number of aromatic nitrogens is 1. The minimum absolute atomic E-state index is 0.0232. The quantitative estimate of drug-likeness (QED) is 0.788. The van der Waals surface area contributed by atoms with E-state index in [1.165, 1.54) is 6.07 Å². The summed E-state index contributed by atoms with van der Waals surface area (Å²) in [4.78, 5) is 13.3. The minimum atomic E-state index is -0.649. The molecular weight excluding hydrogens is 212 g/mol. The van der Waals surface area contributed by atoms with E-state index in [9.17, 15) is 13.6 Å². The smallest absolute Gasteiger partial charge is 0.248 e. The number of hydrogen-bond donors (Lipinski definition) is 1. The van der Waals surface area contributed by atoms with Gasteiger partial charge in [-0.25, -0.2) is 8.78 Å². The van der Waals surface area contributed by atoms with Crippen molar-refractivity contribution in [3.63, 3.8) is 0 Å². The summed E-state index contributed by atoms with van der Waals surface area (Å²) in [6.45, 7) is 1.59. The van der Waals surface area contributed by atoms with Crippen molar-refractivity contribution in [3.05, 3.63) is 58.0 Å². The maximum Gasteiger partial charge on any atom is 0.248 e. The highest BCUT2D eigenvalue weighted by Gasteiger charge is 2.11. The Morgan fingerprint density at radius 2 is 1.94 bits per heavy atom. The lowest BCUT2D eigenvalue weighted by Crippen LogP contribution is -2.05. The second kappa shape index (κ2) is 3.89. The van der Waals surface area contributed by atoms with Gasteiger partial charge in [-0.3, -0.25) is 4.79 Å². The summed E-state index contributed by atoms with van der Waals surface area (Å²) in [7, 11) is 0. The molecule has 0 saturated carbocycles. The molecule has 0 atom stereocenters. The summed E-state index contributed by atoms with van der Waals surface area (Å²) in [6.07, 6.45) is 0.930. The first kappa shape index (κ1) is 10.5. The van der Waals surface area contributed by atoms with Crippen molar-refractivity contribution in [1.29, 1.82) is 0 Å². The van der Waals surface area contributed by atoms with Crippen molar-refractivity contribution >= 4 is 0 Å². The molecule has 0 aliphatic heterocycles. The zero-order chi connectivity index (χ0) is 11.7. The summed E-state index contributed by atoms with van der Waals surface area (Å²) in [5.41, 5.74) is 0.0306. The molecule has 1 aromatic carbocycles. The van der Waals surface area contributed by atoms with Gasteiger partial charge in [0.2, 0.25) is 5.56 Å². The predicted octanol–water partition coefficient (Wildman–Crippen LogP) is 2.63. The van der Waals surface area contributed by atoms with Crippen LogP contribution in [0.4, 0.5) is 8.78 Å². The molecule has 0 aliphatic carbocycles. The fourth-order valence-corrected chi connectivity index (χ4v) is 1.52. The van der Waals surface area contributed by atoms with E-state index in [1.54, 1.807) is 19.1 Å². The Morgan fingerprint density at radius 3 is 2.69 bits per heavy atom. The zero-order valence-corrected chi connectivity index (χ0v) is 8.55. The van der Waals surface area contributed by atoms with E-state index in [-0.39, 0.29) is 11.1 Å². The number of nitrogens with one attached hydrogen (secondary N) is 1. The van der Waals surface area contributed by atoms with E-state index in [0.29, 0.717) is 5.56 Å². The van der Waals surface area contributed by atoms with E-state index >= 15 is 0 Å². The molecule has 4 heteroatoms. The van der Waals surface area contributed by atoms with Crippen LogP contribution in [0.15, 0.2) is 35.3 Å². The first-order chi connectivity index (χ1) is 7.59. The number of aryl methyl sites for hydroxylation is 1. The molecule has 0 amide bonds. The molecule has 0 saturated heterocycles. The van der Waals surface area contributed by atoms with Crippen molar-refractivity contribution < 1.29 is 8.78 Å². The zero-order valence-electron chi connectivity index (χ0n) is 8.55. The van der Waals surface area contributed by atoms with Crippen LogP contribution in [0.1, 0.15) is 5.56 Å². The summed E-state index contributed by atoms with van der Waals surface area (Å²) >= 11 is 0. The maximum absolute atomic E-state index is 13.7. The third-order valence-electron chi connectivity index (χ3n) is 2.36. The molecule has 1 N–H and O–H groups in total. The third-order valence-corrected chi connectivity index (χ3v) is 2.36. The first-order valence-electron chi connectivity index (χ1n) is 4.73. The van der Waals surface area contributed by atoms with Crippen molar-refractivity contribution in [2.45, 2.75) is 6.92 Å². The summed E-state index contributed by atoms with van der Waals surface area (Å²) < 4.78 is 27.2. The number of rotatable bonds is 1. The van der Waals surface area contributed by atoms with Crippen molar-refractivity contribution in [1.82, 2.24) is 4.98 Å². The van der Waals surface area contributed by atoms with Gasteiger partial charge in [-0.15, -0.1) is 0 Å². The summed E-state index contributed by atoms with van der Waals surface area (Å²) in [5.74, 6) is -1.16. The van der Waals surface area contributed by atoms with Crippen molar-refractivity contribution in [2.24, 2.45) is 0 Å². The van der Waals surface area contributed by atoms with Gasteiger partial charge in [0.15, 0.2) is 0 Å². The average Bonchev–Trinajstić information content (AvgIpc) is 2.26. The highest BCUT2D eigenvalue weighted by molar-refractivity contribution is 5.65. The summed E-state index contributed by atoms with van der Waals surface area (Å²) in [6, 6.07) is 5.70. The monoisotopic (exact) mass is 221 g/mol. The number of aromatic amines is 1. The summed E-state index contributed by atoms with van der Waals surface area (Å²) in [5, 5.41) is 0. The molecular formula is C12H9F2NO. The van der Waals surface area contributed by atoms with Gasteiger partial charge in [-0.2, -0.15) is 0 Å². The predicted molar refractivity (Wildman–Crippen MR) is 57.2 cm³/mol. The molecule has 16 heavy (non-hydrogen) atoms. The lowest BCUT2D eigenvalue weighted by Gasteiger charge is -2.05. The molecule has 2 aromatic rings. The standard InChI is InChI=1S/C12H9F2NO/c1-7-3-2-4-8(12(7)14)9-5-11(16)15-6-10(9)13/h2-6H,1H3,(H,15,16). The Kier molecular flexibility index (Phi) is 2.56. The third kappa shape index (κ3) is 1.74. The van der Waals surface area contributed by atoms with Gasteiger partial charge in [0, 0.05) is 23.4 Å². The van der Waals surface area contributed by atoms with Crippen LogP contribution < -0.4 is 5.56 Å². The Hall–Kier alpha value is -1.97. The second-order valence-electron chi connectivity index (χ2n) is 3.50. The van der Waals surface area contributed by atoms with Gasteiger partial charge in [0.25, 0.3) is 0 Å². The fourth-order valence-electron chi connectivity index (χ4n) is 1.52. The fraction of sp³-hybridized carbons (Fsp3) is 0.0833. The second-order valence-corrected chi connectivity index (χ2v) is 3.50. The molecule has 2 nitrogen and oxygen atoms in total. The first-order valence-corrected chi connectivity index (χ1v) is 4.73. The molecule has 0 bridgehead atoms. The van der Waals surface area contributed by atoms with Crippen molar-refractivity contribution in [3.8, 4) is 11.1 Å². The van der Waals surface area contributed by atoms with Crippen LogP contribution in [-0.4, -0.2) is 4.98 Å². The highest BCUT2D eigenvalue weighted by Crippen LogP contribution is 2.25. The van der Waals surface area contributed by atoms with Gasteiger partial charge in [-0.1, -0.05) is 18.2 Å². The van der Waals surface area contributed by atoms with E-state index in [0.717, 1.165) is 12.3 Å². The normalized spacial score (nSPS) is 10.4. The van der Waals surface area contributed by atoms with E-state index in [4.69, 9.17) is 0 Å². The Balaban J connectivity index is 2.72. The largest absolute Gasteiger partial charge is 0.326 e. The molecule has 0 spiro atoms. The van der Waals surface area contributed by atoms with Crippen molar-refractivity contribution in [2.75, 3.05) is 0 Å². The van der Waals surface area contributed by atoms with Gasteiger partial charge in [0.05, 0.1) is 0 Å². The Bertz CT molecular complexity index is 590. The van der Waals surface area contributed by atoms with Gasteiger partial charge >= 0.3 is 0 Å². The molecule has 0 fully saturated rings. The molecule has 0 unspecified atom stereocenters. The van der Waals surface area contributed by atoms with Crippen LogP contribution in [0.25, 0.3) is 11.1 Å².